The number of rotatable bonds is 4. The third kappa shape index (κ3) is 2.39. The van der Waals surface area contributed by atoms with Crippen molar-refractivity contribution in [2.75, 3.05) is 6.61 Å². The zero-order valence-electron chi connectivity index (χ0n) is 10.9. The Morgan fingerprint density at radius 2 is 2.10 bits per heavy atom. The second-order valence-electron chi connectivity index (χ2n) is 5.05. The van der Waals surface area contributed by atoms with E-state index in [2.05, 4.69) is 0 Å². The number of carboxylic acid groups (broad SMARTS) is 2. The van der Waals surface area contributed by atoms with Crippen LogP contribution in [-0.4, -0.2) is 46.1 Å². The van der Waals surface area contributed by atoms with Crippen LogP contribution in [0, 0.1) is 5.41 Å². The van der Waals surface area contributed by atoms with Gasteiger partial charge < -0.3 is 20.1 Å². The lowest BCUT2D eigenvalue weighted by Crippen LogP contribution is -2.43. The average Bonchev–Trinajstić information content (AvgIpc) is 2.86. The van der Waals surface area contributed by atoms with Crippen LogP contribution in [-0.2, 0) is 14.3 Å². The van der Waals surface area contributed by atoms with Gasteiger partial charge in [0.2, 0.25) is 0 Å². The van der Waals surface area contributed by atoms with Gasteiger partial charge in [0.15, 0.2) is 0 Å². The smallest absolute Gasteiger partial charge is 0.331 e. The molecule has 1 aliphatic heterocycles. The first-order valence-corrected chi connectivity index (χ1v) is 6.20. The number of allylic oxidation sites excluding steroid dienone is 2. The average molecular weight is 280 g/mol. The lowest BCUT2D eigenvalue weighted by Gasteiger charge is -2.34. The van der Waals surface area contributed by atoms with E-state index in [1.807, 2.05) is 0 Å². The molecule has 0 saturated heterocycles. The van der Waals surface area contributed by atoms with Crippen LogP contribution < -0.4 is 0 Å². The van der Waals surface area contributed by atoms with Crippen molar-refractivity contribution in [3.8, 4) is 0 Å². The number of hydrogen-bond acceptors (Lipinski definition) is 4. The summed E-state index contributed by atoms with van der Waals surface area (Å²) in [6, 6.07) is 0. The molecule has 0 amide bonds. The van der Waals surface area contributed by atoms with Crippen LogP contribution in [0.1, 0.15) is 13.3 Å². The fraction of sp³-hybridized carbons (Fsp3) is 0.429. The van der Waals surface area contributed by atoms with Crippen molar-refractivity contribution in [1.29, 1.82) is 0 Å². The van der Waals surface area contributed by atoms with Crippen LogP contribution in [0.25, 0.3) is 0 Å². The highest BCUT2D eigenvalue weighted by atomic mass is 16.5. The molecule has 3 N–H and O–H groups in total. The normalized spacial score (nSPS) is 32.7. The molecule has 1 aliphatic carbocycles. The topological polar surface area (TPSA) is 104 Å². The number of ether oxygens (including phenoxy) is 1. The summed E-state index contributed by atoms with van der Waals surface area (Å²) in [5.41, 5.74) is -0.843. The number of carbonyl (C=O) groups is 2. The van der Waals surface area contributed by atoms with Gasteiger partial charge in [0.05, 0.1) is 18.8 Å². The van der Waals surface area contributed by atoms with E-state index in [1.54, 1.807) is 19.1 Å². The first kappa shape index (κ1) is 14.5. The maximum absolute atomic E-state index is 11.7. The molecule has 3 atom stereocenters. The summed E-state index contributed by atoms with van der Waals surface area (Å²) in [5.74, 6) is -2.28. The van der Waals surface area contributed by atoms with E-state index in [-0.39, 0.29) is 18.6 Å². The second kappa shape index (κ2) is 5.22. The minimum absolute atomic E-state index is 0.0387. The molecule has 0 radical (unpaired) electrons. The first-order chi connectivity index (χ1) is 9.39. The van der Waals surface area contributed by atoms with E-state index in [9.17, 15) is 14.7 Å². The molecule has 2 rings (SSSR count). The van der Waals surface area contributed by atoms with Crippen molar-refractivity contribution in [3.05, 3.63) is 35.5 Å². The molecule has 3 unspecified atom stereocenters. The molecule has 0 bridgehead atoms. The van der Waals surface area contributed by atoms with Crippen LogP contribution in [0.15, 0.2) is 35.5 Å². The van der Waals surface area contributed by atoms with Crippen LogP contribution in [0.5, 0.6) is 0 Å². The molecule has 6 heteroatoms. The quantitative estimate of drug-likeness (QED) is 0.656. The van der Waals surface area contributed by atoms with Crippen LogP contribution in [0.3, 0.4) is 0 Å². The van der Waals surface area contributed by atoms with Crippen molar-refractivity contribution in [1.82, 2.24) is 0 Å². The number of hydrogen-bond donors (Lipinski definition) is 3. The van der Waals surface area contributed by atoms with Crippen molar-refractivity contribution < 1.29 is 29.6 Å². The summed E-state index contributed by atoms with van der Waals surface area (Å²) in [7, 11) is 0. The maximum atomic E-state index is 11.7. The highest BCUT2D eigenvalue weighted by molar-refractivity contribution is 5.91. The molecular weight excluding hydrogens is 264 g/mol. The van der Waals surface area contributed by atoms with Gasteiger partial charge in [-0.15, -0.1) is 0 Å². The highest BCUT2D eigenvalue weighted by Crippen LogP contribution is 2.41. The Labute approximate surface area is 115 Å². The van der Waals surface area contributed by atoms with E-state index < -0.39 is 29.6 Å². The predicted molar refractivity (Wildman–Crippen MR) is 69.0 cm³/mol. The molecule has 108 valence electrons. The molecule has 0 saturated carbocycles. The Hall–Kier alpha value is -1.92. The van der Waals surface area contributed by atoms with Crippen molar-refractivity contribution in [3.63, 3.8) is 0 Å². The molecule has 6 nitrogen and oxygen atoms in total. The van der Waals surface area contributed by atoms with E-state index in [0.29, 0.717) is 5.57 Å². The zero-order valence-corrected chi connectivity index (χ0v) is 10.9. The molecule has 0 aromatic carbocycles. The van der Waals surface area contributed by atoms with Crippen molar-refractivity contribution in [2.24, 2.45) is 5.41 Å². The van der Waals surface area contributed by atoms with E-state index in [0.717, 1.165) is 0 Å². The Morgan fingerprint density at radius 1 is 1.40 bits per heavy atom. The van der Waals surface area contributed by atoms with Crippen LogP contribution in [0.4, 0.5) is 0 Å². The standard InChI is InChI=1S/C14H16O6/c1-8-4-9(12(16)17)6-14(5-8,13(18)19)11-3-2-10(7-15)20-11/h2-5,10-11,15H,6-7H2,1H3,(H,16,17)(H,18,19). The van der Waals surface area contributed by atoms with Gasteiger partial charge in [0.1, 0.15) is 5.41 Å². The largest absolute Gasteiger partial charge is 0.481 e. The van der Waals surface area contributed by atoms with Gasteiger partial charge in [-0.05, 0) is 13.0 Å². The molecular formula is C14H16O6. The zero-order chi connectivity index (χ0) is 14.9. The molecule has 0 fully saturated rings. The Bertz CT molecular complexity index is 530. The lowest BCUT2D eigenvalue weighted by molar-refractivity contribution is -0.153. The summed E-state index contributed by atoms with van der Waals surface area (Å²) in [4.78, 5) is 22.9. The summed E-state index contributed by atoms with van der Waals surface area (Å²) in [6.07, 6.45) is 4.66. The van der Waals surface area contributed by atoms with Gasteiger partial charge in [-0.3, -0.25) is 4.79 Å². The molecule has 20 heavy (non-hydrogen) atoms. The number of aliphatic hydroxyl groups is 1. The Morgan fingerprint density at radius 3 is 2.60 bits per heavy atom. The lowest BCUT2D eigenvalue weighted by atomic mass is 9.72. The minimum Gasteiger partial charge on any atom is -0.481 e. The third-order valence-corrected chi connectivity index (χ3v) is 3.55. The Kier molecular flexibility index (Phi) is 3.78. The molecule has 1 heterocycles. The van der Waals surface area contributed by atoms with Crippen LogP contribution in [0.2, 0.25) is 0 Å². The third-order valence-electron chi connectivity index (χ3n) is 3.55. The Balaban J connectivity index is 2.38. The maximum Gasteiger partial charge on any atom is 0.331 e. The van der Waals surface area contributed by atoms with Gasteiger partial charge in [-0.2, -0.15) is 0 Å². The first-order valence-electron chi connectivity index (χ1n) is 6.20. The van der Waals surface area contributed by atoms with Crippen LogP contribution >= 0.6 is 0 Å². The summed E-state index contributed by atoms with van der Waals surface area (Å²) < 4.78 is 5.48. The number of aliphatic hydroxyl groups excluding tert-OH is 1. The monoisotopic (exact) mass is 280 g/mol. The summed E-state index contributed by atoms with van der Waals surface area (Å²) in [5, 5.41) is 27.8. The summed E-state index contributed by atoms with van der Waals surface area (Å²) in [6.45, 7) is 1.41. The second-order valence-corrected chi connectivity index (χ2v) is 5.05. The number of carboxylic acids is 2. The molecule has 2 aliphatic rings. The van der Waals surface area contributed by atoms with Gasteiger partial charge in [-0.1, -0.05) is 23.8 Å². The van der Waals surface area contributed by atoms with Crippen molar-refractivity contribution >= 4 is 11.9 Å². The highest BCUT2D eigenvalue weighted by Gasteiger charge is 2.48. The predicted octanol–water partition coefficient (Wildman–Crippen LogP) is 0.734. The SMILES string of the molecule is CC1=CC(C(=O)O)(C2C=CC(CO)O2)CC(C(=O)O)=C1. The number of aliphatic carboxylic acids is 2. The molecule has 0 aromatic rings. The summed E-state index contributed by atoms with van der Waals surface area (Å²) >= 11 is 0. The van der Waals surface area contributed by atoms with Gasteiger partial charge in [-0.25, -0.2) is 4.79 Å². The van der Waals surface area contributed by atoms with E-state index >= 15 is 0 Å². The van der Waals surface area contributed by atoms with Gasteiger partial charge in [0.25, 0.3) is 0 Å². The fourth-order valence-corrected chi connectivity index (χ4v) is 2.62. The van der Waals surface area contributed by atoms with Crippen molar-refractivity contribution in [2.45, 2.75) is 25.6 Å². The van der Waals surface area contributed by atoms with Gasteiger partial charge in [0, 0.05) is 12.0 Å². The van der Waals surface area contributed by atoms with E-state index in [4.69, 9.17) is 14.9 Å². The fourth-order valence-electron chi connectivity index (χ4n) is 2.62. The minimum atomic E-state index is -1.45. The van der Waals surface area contributed by atoms with E-state index in [1.165, 1.54) is 12.2 Å². The molecule has 0 aromatic heterocycles. The van der Waals surface area contributed by atoms with Gasteiger partial charge >= 0.3 is 11.9 Å². The molecule has 0 spiro atoms.